The van der Waals surface area contributed by atoms with E-state index in [4.69, 9.17) is 4.74 Å². The summed E-state index contributed by atoms with van der Waals surface area (Å²) in [6, 6.07) is 9.45. The van der Waals surface area contributed by atoms with Gasteiger partial charge in [-0.2, -0.15) is 0 Å². The smallest absolute Gasteiger partial charge is 0.269 e. The minimum absolute atomic E-state index is 0.0143. The Kier molecular flexibility index (Phi) is 4.67. The highest BCUT2D eigenvalue weighted by Crippen LogP contribution is 2.22. The number of pyridine rings is 1. The van der Waals surface area contributed by atoms with Gasteiger partial charge in [-0.05, 0) is 24.6 Å². The number of nitrogens with one attached hydrogen (secondary N) is 1. The van der Waals surface area contributed by atoms with Gasteiger partial charge in [0, 0.05) is 17.8 Å². The number of hydrogen-bond donors (Lipinski definition) is 1. The Bertz CT molecular complexity index is 716. The summed E-state index contributed by atoms with van der Waals surface area (Å²) in [5.74, 6) is 0.466. The van der Waals surface area contributed by atoms with Gasteiger partial charge in [0.25, 0.3) is 5.69 Å². The summed E-state index contributed by atoms with van der Waals surface area (Å²) in [5, 5.41) is 13.4. The minimum atomic E-state index is -0.494. The van der Waals surface area contributed by atoms with Crippen LogP contribution >= 0.6 is 0 Å². The van der Waals surface area contributed by atoms with Gasteiger partial charge in [0.15, 0.2) is 11.6 Å². The van der Waals surface area contributed by atoms with Crippen molar-refractivity contribution in [2.24, 2.45) is 0 Å². The van der Waals surface area contributed by atoms with Crippen molar-refractivity contribution in [1.82, 2.24) is 4.98 Å². The van der Waals surface area contributed by atoms with Gasteiger partial charge in [-0.3, -0.25) is 14.9 Å². The monoisotopic (exact) mass is 301 g/mol. The van der Waals surface area contributed by atoms with Crippen molar-refractivity contribution < 1.29 is 14.5 Å². The van der Waals surface area contributed by atoms with Crippen LogP contribution < -0.4 is 10.1 Å². The van der Waals surface area contributed by atoms with E-state index in [9.17, 15) is 14.9 Å². The molecule has 1 N–H and O–H groups in total. The molecular weight excluding hydrogens is 286 g/mol. The third-order valence-electron chi connectivity index (χ3n) is 2.96. The van der Waals surface area contributed by atoms with Gasteiger partial charge in [0.1, 0.15) is 0 Å². The molecule has 0 atom stereocenters. The molecule has 0 unspecified atom stereocenters. The summed E-state index contributed by atoms with van der Waals surface area (Å²) in [6.07, 6.45) is 0.0143. The molecule has 0 saturated heterocycles. The van der Waals surface area contributed by atoms with Crippen molar-refractivity contribution >= 4 is 17.4 Å². The summed E-state index contributed by atoms with van der Waals surface area (Å²) < 4.78 is 5.14. The van der Waals surface area contributed by atoms with Crippen molar-refractivity contribution in [2.75, 3.05) is 12.4 Å². The molecule has 0 spiro atoms. The number of rotatable bonds is 5. The molecular formula is C15H15N3O4. The standard InChI is InChI=1S/C15H15N3O4/c1-10-6-7-13(22-2)15(16-10)17-14(19)9-11-4-3-5-12(8-11)18(20)21/h3-8H,9H2,1-2H3,(H,16,17,19). The molecule has 1 aromatic heterocycles. The quantitative estimate of drug-likeness (QED) is 0.676. The first-order valence-corrected chi connectivity index (χ1v) is 6.54. The molecule has 7 heteroatoms. The molecule has 114 valence electrons. The van der Waals surface area contributed by atoms with Crippen LogP contribution in [0.15, 0.2) is 36.4 Å². The summed E-state index contributed by atoms with van der Waals surface area (Å²) in [7, 11) is 1.49. The Morgan fingerprint density at radius 3 is 2.82 bits per heavy atom. The largest absolute Gasteiger partial charge is 0.493 e. The first kappa shape index (κ1) is 15.4. The Labute approximate surface area is 127 Å². The lowest BCUT2D eigenvalue weighted by Crippen LogP contribution is -2.16. The molecule has 0 bridgehead atoms. The summed E-state index contributed by atoms with van der Waals surface area (Å²) >= 11 is 0. The van der Waals surface area contributed by atoms with Crippen molar-refractivity contribution in [1.29, 1.82) is 0 Å². The lowest BCUT2D eigenvalue weighted by molar-refractivity contribution is -0.384. The van der Waals surface area contributed by atoms with Crippen LogP contribution in [0.2, 0.25) is 0 Å². The van der Waals surface area contributed by atoms with E-state index in [0.717, 1.165) is 5.69 Å². The van der Waals surface area contributed by atoms with Gasteiger partial charge < -0.3 is 10.1 Å². The van der Waals surface area contributed by atoms with Gasteiger partial charge in [0.2, 0.25) is 5.91 Å². The highest BCUT2D eigenvalue weighted by Gasteiger charge is 2.12. The van der Waals surface area contributed by atoms with Crippen LogP contribution in [0.4, 0.5) is 11.5 Å². The molecule has 7 nitrogen and oxygen atoms in total. The zero-order valence-electron chi connectivity index (χ0n) is 12.2. The summed E-state index contributed by atoms with van der Waals surface area (Å²) in [6.45, 7) is 1.80. The second-order valence-corrected chi connectivity index (χ2v) is 4.66. The number of hydrogen-bond acceptors (Lipinski definition) is 5. The SMILES string of the molecule is COc1ccc(C)nc1NC(=O)Cc1cccc([N+](=O)[O-])c1. The third kappa shape index (κ3) is 3.78. The zero-order chi connectivity index (χ0) is 16.1. The fraction of sp³-hybridized carbons (Fsp3) is 0.200. The van der Waals surface area contributed by atoms with E-state index in [2.05, 4.69) is 10.3 Å². The van der Waals surface area contributed by atoms with E-state index in [1.54, 1.807) is 31.2 Å². The van der Waals surface area contributed by atoms with Crippen molar-refractivity contribution in [3.8, 4) is 5.75 Å². The number of nitro benzene ring substituents is 1. The maximum Gasteiger partial charge on any atom is 0.269 e. The number of carbonyl (C=O) groups excluding carboxylic acids is 1. The number of aryl methyl sites for hydroxylation is 1. The predicted molar refractivity (Wildman–Crippen MR) is 81.0 cm³/mol. The summed E-state index contributed by atoms with van der Waals surface area (Å²) in [5.41, 5.74) is 1.25. The first-order chi connectivity index (χ1) is 10.5. The molecule has 0 radical (unpaired) electrons. The molecule has 0 aliphatic carbocycles. The molecule has 1 heterocycles. The average molecular weight is 301 g/mol. The molecule has 0 fully saturated rings. The van der Waals surface area contributed by atoms with Gasteiger partial charge in [0.05, 0.1) is 18.5 Å². The number of ether oxygens (including phenoxy) is 1. The average Bonchev–Trinajstić information content (AvgIpc) is 2.47. The molecule has 2 aromatic rings. The first-order valence-electron chi connectivity index (χ1n) is 6.54. The number of nitrogens with zero attached hydrogens (tertiary/aromatic N) is 2. The van der Waals surface area contributed by atoms with Gasteiger partial charge >= 0.3 is 0 Å². The van der Waals surface area contributed by atoms with Crippen molar-refractivity contribution in [3.63, 3.8) is 0 Å². The number of carbonyl (C=O) groups is 1. The Balaban J connectivity index is 2.12. The maximum atomic E-state index is 12.1. The molecule has 2 rings (SSSR count). The maximum absolute atomic E-state index is 12.1. The topological polar surface area (TPSA) is 94.4 Å². The zero-order valence-corrected chi connectivity index (χ0v) is 12.2. The van der Waals surface area contributed by atoms with Crippen molar-refractivity contribution in [3.05, 3.63) is 57.8 Å². The number of anilines is 1. The number of aromatic nitrogens is 1. The number of benzene rings is 1. The highest BCUT2D eigenvalue weighted by atomic mass is 16.6. The molecule has 0 aliphatic heterocycles. The normalized spacial score (nSPS) is 10.1. The van der Waals surface area contributed by atoms with E-state index >= 15 is 0 Å². The van der Waals surface area contributed by atoms with E-state index in [-0.39, 0.29) is 18.0 Å². The van der Waals surface area contributed by atoms with Crippen LogP contribution in [-0.4, -0.2) is 22.9 Å². The molecule has 0 aliphatic rings. The highest BCUT2D eigenvalue weighted by molar-refractivity contribution is 5.92. The van der Waals surface area contributed by atoms with Crippen LogP contribution in [0.5, 0.6) is 5.75 Å². The lowest BCUT2D eigenvalue weighted by atomic mass is 10.1. The van der Waals surface area contributed by atoms with E-state index < -0.39 is 4.92 Å². The fourth-order valence-electron chi connectivity index (χ4n) is 1.94. The molecule has 22 heavy (non-hydrogen) atoms. The van der Waals surface area contributed by atoms with Crippen LogP contribution in [0.1, 0.15) is 11.3 Å². The number of methoxy groups -OCH3 is 1. The molecule has 1 amide bonds. The Morgan fingerprint density at radius 1 is 1.36 bits per heavy atom. The molecule has 0 saturated carbocycles. The number of nitro groups is 1. The Morgan fingerprint density at radius 2 is 2.14 bits per heavy atom. The van der Waals surface area contributed by atoms with Crippen LogP contribution in [0.3, 0.4) is 0 Å². The van der Waals surface area contributed by atoms with Crippen LogP contribution in [0, 0.1) is 17.0 Å². The van der Waals surface area contributed by atoms with E-state index in [0.29, 0.717) is 17.1 Å². The van der Waals surface area contributed by atoms with Crippen LogP contribution in [-0.2, 0) is 11.2 Å². The van der Waals surface area contributed by atoms with Gasteiger partial charge in [-0.15, -0.1) is 0 Å². The fourth-order valence-corrected chi connectivity index (χ4v) is 1.94. The number of non-ortho nitro benzene ring substituents is 1. The lowest BCUT2D eigenvalue weighted by Gasteiger charge is -2.09. The third-order valence-corrected chi connectivity index (χ3v) is 2.96. The minimum Gasteiger partial charge on any atom is -0.493 e. The van der Waals surface area contributed by atoms with Crippen molar-refractivity contribution in [2.45, 2.75) is 13.3 Å². The van der Waals surface area contributed by atoms with E-state index in [1.807, 2.05) is 0 Å². The predicted octanol–water partition coefficient (Wildman–Crippen LogP) is 2.49. The number of amides is 1. The van der Waals surface area contributed by atoms with Gasteiger partial charge in [-0.1, -0.05) is 12.1 Å². The molecule has 1 aromatic carbocycles. The van der Waals surface area contributed by atoms with E-state index in [1.165, 1.54) is 19.2 Å². The van der Waals surface area contributed by atoms with Gasteiger partial charge in [-0.25, -0.2) is 4.98 Å². The second-order valence-electron chi connectivity index (χ2n) is 4.66. The van der Waals surface area contributed by atoms with Crippen LogP contribution in [0.25, 0.3) is 0 Å². The summed E-state index contributed by atoms with van der Waals surface area (Å²) in [4.78, 5) is 26.5. The second kappa shape index (κ2) is 6.66. The Hall–Kier alpha value is -2.96.